The first-order valence-corrected chi connectivity index (χ1v) is 9.21. The standard InChI is InChI=1S/C22H21N3O3/c1-13(2)17-10-18-15(11-28-20(18)8-14(17)3)9-21(26)24-25-12-23-19-7-5-4-6-16(19)22(25)27/h4-8,10-13H,9H2,1-3H3,(H,24,26). The number of nitrogens with one attached hydrogen (secondary N) is 1. The van der Waals surface area contributed by atoms with E-state index in [4.69, 9.17) is 4.42 Å². The van der Waals surface area contributed by atoms with E-state index in [2.05, 4.69) is 37.2 Å². The molecule has 0 atom stereocenters. The van der Waals surface area contributed by atoms with Crippen LogP contribution < -0.4 is 11.0 Å². The summed E-state index contributed by atoms with van der Waals surface area (Å²) in [6.07, 6.45) is 3.04. The molecule has 6 nitrogen and oxygen atoms in total. The number of benzene rings is 2. The molecule has 2 aromatic carbocycles. The summed E-state index contributed by atoms with van der Waals surface area (Å²) in [4.78, 5) is 29.3. The Hall–Kier alpha value is -3.41. The number of furan rings is 1. The summed E-state index contributed by atoms with van der Waals surface area (Å²) in [6, 6.07) is 11.1. The molecule has 142 valence electrons. The van der Waals surface area contributed by atoms with Gasteiger partial charge in [0.2, 0.25) is 5.91 Å². The lowest BCUT2D eigenvalue weighted by Gasteiger charge is -2.10. The largest absolute Gasteiger partial charge is 0.464 e. The smallest absolute Gasteiger partial charge is 0.280 e. The average Bonchev–Trinajstić information content (AvgIpc) is 3.04. The summed E-state index contributed by atoms with van der Waals surface area (Å²) >= 11 is 0. The molecule has 1 amide bonds. The Morgan fingerprint density at radius 3 is 2.79 bits per heavy atom. The minimum absolute atomic E-state index is 0.104. The van der Waals surface area contributed by atoms with Gasteiger partial charge in [-0.05, 0) is 48.2 Å². The average molecular weight is 375 g/mol. The second-order valence-corrected chi connectivity index (χ2v) is 7.27. The zero-order valence-corrected chi connectivity index (χ0v) is 16.0. The predicted octanol–water partition coefficient (Wildman–Crippen LogP) is 3.89. The first-order chi connectivity index (χ1) is 13.4. The molecule has 0 aliphatic carbocycles. The Kier molecular flexibility index (Phi) is 4.47. The van der Waals surface area contributed by atoms with Crippen molar-refractivity contribution < 1.29 is 9.21 Å². The molecule has 6 heteroatoms. The van der Waals surface area contributed by atoms with Crippen LogP contribution >= 0.6 is 0 Å². The van der Waals surface area contributed by atoms with Crippen LogP contribution in [0.4, 0.5) is 0 Å². The number of para-hydroxylation sites is 1. The third-order valence-corrected chi connectivity index (χ3v) is 4.93. The quantitative estimate of drug-likeness (QED) is 0.587. The van der Waals surface area contributed by atoms with E-state index in [-0.39, 0.29) is 17.9 Å². The van der Waals surface area contributed by atoms with Crippen molar-refractivity contribution in [1.29, 1.82) is 0 Å². The number of carbonyl (C=O) groups is 1. The fourth-order valence-corrected chi connectivity index (χ4v) is 3.50. The number of rotatable bonds is 4. The number of aryl methyl sites for hydroxylation is 1. The van der Waals surface area contributed by atoms with Crippen LogP contribution in [0.3, 0.4) is 0 Å². The summed E-state index contributed by atoms with van der Waals surface area (Å²) in [5, 5.41) is 1.38. The number of aromatic nitrogens is 2. The van der Waals surface area contributed by atoms with Crippen LogP contribution in [0.2, 0.25) is 0 Å². The van der Waals surface area contributed by atoms with E-state index < -0.39 is 0 Å². The van der Waals surface area contributed by atoms with Crippen LogP contribution in [0, 0.1) is 6.92 Å². The van der Waals surface area contributed by atoms with Gasteiger partial charge in [-0.15, -0.1) is 0 Å². The third-order valence-electron chi connectivity index (χ3n) is 4.93. The Morgan fingerprint density at radius 1 is 1.21 bits per heavy atom. The number of hydrogen-bond acceptors (Lipinski definition) is 4. The van der Waals surface area contributed by atoms with Crippen LogP contribution in [-0.2, 0) is 11.2 Å². The van der Waals surface area contributed by atoms with Crippen LogP contribution in [0.1, 0.15) is 36.5 Å². The monoisotopic (exact) mass is 375 g/mol. The van der Waals surface area contributed by atoms with E-state index in [0.29, 0.717) is 16.8 Å². The second-order valence-electron chi connectivity index (χ2n) is 7.27. The Morgan fingerprint density at radius 2 is 2.00 bits per heavy atom. The van der Waals surface area contributed by atoms with Gasteiger partial charge in [0.05, 0.1) is 23.6 Å². The van der Waals surface area contributed by atoms with Crippen molar-refractivity contribution in [2.45, 2.75) is 33.1 Å². The van der Waals surface area contributed by atoms with Crippen LogP contribution in [0.25, 0.3) is 21.9 Å². The predicted molar refractivity (Wildman–Crippen MR) is 109 cm³/mol. The van der Waals surface area contributed by atoms with Gasteiger partial charge in [0.1, 0.15) is 11.9 Å². The first-order valence-electron chi connectivity index (χ1n) is 9.21. The van der Waals surface area contributed by atoms with Crippen molar-refractivity contribution in [3.05, 3.63) is 76.0 Å². The first kappa shape index (κ1) is 18.0. The van der Waals surface area contributed by atoms with E-state index in [1.807, 2.05) is 12.1 Å². The molecule has 0 aliphatic rings. The molecule has 2 aromatic heterocycles. The van der Waals surface area contributed by atoms with Gasteiger partial charge in [0.15, 0.2) is 0 Å². The number of carbonyl (C=O) groups excluding carboxylic acids is 1. The molecule has 1 N–H and O–H groups in total. The summed E-state index contributed by atoms with van der Waals surface area (Å²) in [5.74, 6) is 0.0665. The Bertz CT molecular complexity index is 1250. The van der Waals surface area contributed by atoms with Gasteiger partial charge in [-0.2, -0.15) is 0 Å². The lowest BCUT2D eigenvalue weighted by molar-refractivity contribution is -0.116. The minimum Gasteiger partial charge on any atom is -0.464 e. The molecule has 0 saturated heterocycles. The van der Waals surface area contributed by atoms with Gasteiger partial charge in [0.25, 0.3) is 5.56 Å². The molecule has 0 radical (unpaired) electrons. The zero-order valence-electron chi connectivity index (χ0n) is 16.0. The van der Waals surface area contributed by atoms with Crippen molar-refractivity contribution in [1.82, 2.24) is 9.66 Å². The number of fused-ring (bicyclic) bond motifs is 2. The van der Waals surface area contributed by atoms with Crippen molar-refractivity contribution in [2.24, 2.45) is 0 Å². The molecule has 0 spiro atoms. The van der Waals surface area contributed by atoms with Crippen molar-refractivity contribution >= 4 is 27.8 Å². The molecular formula is C22H21N3O3. The molecule has 0 unspecified atom stereocenters. The maximum absolute atomic E-state index is 12.6. The number of amides is 1. The Labute approximate surface area is 161 Å². The molecule has 4 aromatic rings. The lowest BCUT2D eigenvalue weighted by atomic mass is 9.95. The number of hydrogen-bond donors (Lipinski definition) is 1. The summed E-state index contributed by atoms with van der Waals surface area (Å²) in [5.41, 5.74) is 6.84. The van der Waals surface area contributed by atoms with Crippen molar-refractivity contribution in [2.75, 3.05) is 5.43 Å². The maximum Gasteiger partial charge on any atom is 0.280 e. The molecule has 28 heavy (non-hydrogen) atoms. The van der Waals surface area contributed by atoms with Gasteiger partial charge in [-0.25, -0.2) is 9.66 Å². The number of nitrogens with zero attached hydrogens (tertiary/aromatic N) is 2. The van der Waals surface area contributed by atoms with E-state index in [9.17, 15) is 9.59 Å². The summed E-state index contributed by atoms with van der Waals surface area (Å²) in [6.45, 7) is 6.34. The van der Waals surface area contributed by atoms with Crippen LogP contribution in [0.15, 0.2) is 58.2 Å². The highest BCUT2D eigenvalue weighted by atomic mass is 16.3. The van der Waals surface area contributed by atoms with Crippen molar-refractivity contribution in [3.63, 3.8) is 0 Å². The fourth-order valence-electron chi connectivity index (χ4n) is 3.50. The summed E-state index contributed by atoms with van der Waals surface area (Å²) in [7, 11) is 0. The molecule has 2 heterocycles. The second kappa shape index (κ2) is 6.96. The van der Waals surface area contributed by atoms with Gasteiger partial charge in [0, 0.05) is 10.9 Å². The van der Waals surface area contributed by atoms with Gasteiger partial charge in [-0.1, -0.05) is 26.0 Å². The molecule has 0 saturated carbocycles. The normalized spacial score (nSPS) is 11.4. The highest BCUT2D eigenvalue weighted by Gasteiger charge is 2.15. The SMILES string of the molecule is Cc1cc2occ(CC(=O)Nn3cnc4ccccc4c3=O)c2cc1C(C)C. The van der Waals surface area contributed by atoms with E-state index in [1.54, 1.807) is 24.5 Å². The van der Waals surface area contributed by atoms with Crippen LogP contribution in [0.5, 0.6) is 0 Å². The molecule has 0 bridgehead atoms. The van der Waals surface area contributed by atoms with Gasteiger partial charge in [-0.3, -0.25) is 15.0 Å². The van der Waals surface area contributed by atoms with Crippen LogP contribution in [-0.4, -0.2) is 15.6 Å². The highest BCUT2D eigenvalue weighted by Crippen LogP contribution is 2.29. The van der Waals surface area contributed by atoms with Gasteiger partial charge >= 0.3 is 0 Å². The maximum atomic E-state index is 12.6. The fraction of sp³-hybridized carbons (Fsp3) is 0.227. The van der Waals surface area contributed by atoms with E-state index in [0.717, 1.165) is 21.2 Å². The van der Waals surface area contributed by atoms with E-state index >= 15 is 0 Å². The molecule has 4 rings (SSSR count). The molecular weight excluding hydrogens is 354 g/mol. The summed E-state index contributed by atoms with van der Waals surface area (Å²) < 4.78 is 6.76. The third kappa shape index (κ3) is 3.17. The topological polar surface area (TPSA) is 77.1 Å². The lowest BCUT2D eigenvalue weighted by Crippen LogP contribution is -2.34. The Balaban J connectivity index is 1.62. The zero-order chi connectivity index (χ0) is 19.8. The highest BCUT2D eigenvalue weighted by molar-refractivity contribution is 5.92. The minimum atomic E-state index is -0.312. The van der Waals surface area contributed by atoms with Crippen molar-refractivity contribution in [3.8, 4) is 0 Å². The van der Waals surface area contributed by atoms with Gasteiger partial charge < -0.3 is 4.42 Å². The van der Waals surface area contributed by atoms with E-state index in [1.165, 1.54) is 17.5 Å². The molecule has 0 fully saturated rings. The molecule has 0 aliphatic heterocycles.